The molecule has 0 spiro atoms. The second-order valence-corrected chi connectivity index (χ2v) is 11.4. The van der Waals surface area contributed by atoms with Crippen molar-refractivity contribution < 1.29 is 29.4 Å². The van der Waals surface area contributed by atoms with Crippen LogP contribution < -0.4 is 21.3 Å². The summed E-state index contributed by atoms with van der Waals surface area (Å²) in [6.07, 6.45) is 4.19. The van der Waals surface area contributed by atoms with E-state index in [-0.39, 0.29) is 11.5 Å². The van der Waals surface area contributed by atoms with E-state index in [9.17, 15) is 19.2 Å². The fourth-order valence-electron chi connectivity index (χ4n) is 3.49. The summed E-state index contributed by atoms with van der Waals surface area (Å²) in [5, 5.41) is 29.5. The number of carbonyl (C=O) groups is 4. The zero-order valence-corrected chi connectivity index (χ0v) is 22.4. The molecule has 0 heterocycles. The van der Waals surface area contributed by atoms with E-state index in [4.69, 9.17) is 34.6 Å². The van der Waals surface area contributed by atoms with Gasteiger partial charge >= 0.3 is 11.9 Å². The van der Waals surface area contributed by atoms with E-state index >= 15 is 0 Å². The van der Waals surface area contributed by atoms with Crippen molar-refractivity contribution in [3.63, 3.8) is 0 Å². The molecule has 0 aromatic heterocycles. The zero-order valence-electron chi connectivity index (χ0n) is 19.1. The molecule has 0 saturated heterocycles. The summed E-state index contributed by atoms with van der Waals surface area (Å²) in [6.45, 7) is 3.93. The highest BCUT2D eigenvalue weighted by molar-refractivity contribution is 8.23. The maximum Gasteiger partial charge on any atom is 0.327 e. The van der Waals surface area contributed by atoms with Crippen LogP contribution in [0.1, 0.15) is 39.5 Å². The highest BCUT2D eigenvalue weighted by atomic mass is 32.2. The van der Waals surface area contributed by atoms with Gasteiger partial charge in [-0.3, -0.25) is 9.59 Å². The van der Waals surface area contributed by atoms with Crippen LogP contribution in [0.25, 0.3) is 0 Å². The first-order chi connectivity index (χ1) is 16.0. The van der Waals surface area contributed by atoms with E-state index < -0.39 is 35.8 Å². The van der Waals surface area contributed by atoms with Gasteiger partial charge in [0, 0.05) is 38.4 Å². The van der Waals surface area contributed by atoms with Gasteiger partial charge in [-0.2, -0.15) is 0 Å². The lowest BCUT2D eigenvalue weighted by Crippen LogP contribution is -2.42. The van der Waals surface area contributed by atoms with Gasteiger partial charge in [0.1, 0.15) is 20.7 Å². The number of carboxylic acid groups (broad SMARTS) is 2. The summed E-state index contributed by atoms with van der Waals surface area (Å²) < 4.78 is 1.00. The molecule has 1 fully saturated rings. The van der Waals surface area contributed by atoms with Gasteiger partial charge in [-0.05, 0) is 31.1 Å². The Morgan fingerprint density at radius 1 is 0.824 bits per heavy atom. The predicted octanol–water partition coefficient (Wildman–Crippen LogP) is 1.19. The monoisotopic (exact) mass is 552 g/mol. The predicted molar refractivity (Wildman–Crippen MR) is 142 cm³/mol. The van der Waals surface area contributed by atoms with Crippen molar-refractivity contribution in [3.05, 3.63) is 0 Å². The Balaban J connectivity index is 2.33. The molecule has 10 nitrogen and oxygen atoms in total. The maximum atomic E-state index is 11.2. The van der Waals surface area contributed by atoms with Gasteiger partial charge in [-0.25, -0.2) is 9.59 Å². The number of thioether (sulfide) groups is 2. The smallest absolute Gasteiger partial charge is 0.327 e. The van der Waals surface area contributed by atoms with Gasteiger partial charge in [0.2, 0.25) is 11.8 Å². The van der Waals surface area contributed by atoms with E-state index in [1.54, 1.807) is 0 Å². The molecule has 0 aromatic carbocycles. The lowest BCUT2D eigenvalue weighted by atomic mass is 9.81. The molecule has 2 amide bonds. The first-order valence-electron chi connectivity index (χ1n) is 10.8. The van der Waals surface area contributed by atoms with Crippen molar-refractivity contribution in [1.29, 1.82) is 0 Å². The molecule has 0 bridgehead atoms. The molecule has 1 saturated carbocycles. The molecular weight excluding hydrogens is 521 g/mol. The Morgan fingerprint density at radius 3 is 1.53 bits per heavy atom. The van der Waals surface area contributed by atoms with E-state index in [2.05, 4.69) is 21.3 Å². The number of carbonyl (C=O) groups excluding carboxylic acids is 2. The van der Waals surface area contributed by atoms with Crippen LogP contribution in [0.3, 0.4) is 0 Å². The van der Waals surface area contributed by atoms with Crippen molar-refractivity contribution in [1.82, 2.24) is 21.3 Å². The Morgan fingerprint density at radius 2 is 1.21 bits per heavy atom. The number of nitrogens with one attached hydrogen (secondary N) is 4. The molecule has 192 valence electrons. The second-order valence-electron chi connectivity index (χ2n) is 8.04. The minimum Gasteiger partial charge on any atom is -0.480 e. The fourth-order valence-corrected chi connectivity index (χ4v) is 5.52. The molecule has 34 heavy (non-hydrogen) atoms. The lowest BCUT2D eigenvalue weighted by Gasteiger charge is -2.30. The molecule has 6 N–H and O–H groups in total. The van der Waals surface area contributed by atoms with Gasteiger partial charge in [0.15, 0.2) is 0 Å². The molecule has 1 aliphatic carbocycles. The number of hydrogen-bond acceptors (Lipinski definition) is 8. The molecular formula is C20H32N4O6S4. The Bertz CT molecular complexity index is 709. The topological polar surface area (TPSA) is 157 Å². The number of carboxylic acids is 2. The summed E-state index contributed by atoms with van der Waals surface area (Å²) in [6, 6.07) is -1.98. The minimum atomic E-state index is -1.10. The Hall–Kier alpha value is -1.64. The third-order valence-electron chi connectivity index (χ3n) is 5.07. The Labute approximate surface area is 218 Å². The fraction of sp³-hybridized carbons (Fsp3) is 0.700. The third-order valence-corrected chi connectivity index (χ3v) is 7.88. The Kier molecular flexibility index (Phi) is 14.4. The summed E-state index contributed by atoms with van der Waals surface area (Å²) in [4.78, 5) is 44.6. The van der Waals surface area contributed by atoms with Crippen LogP contribution in [0.2, 0.25) is 0 Å². The van der Waals surface area contributed by atoms with Crippen LogP contribution in [-0.2, 0) is 19.2 Å². The number of amides is 2. The molecule has 0 aromatic rings. The normalized spacial score (nSPS) is 19.2. The minimum absolute atomic E-state index is 0.151. The standard InChI is InChI=1S/C20H32N4O6S4/c1-11(25)23-15(17(27)28)9-33-19(31)21-7-13-4-3-5-14(6-13)8-22-20(32)34-10-16(18(29)30)24-12(2)26/h13-16H,3-10H2,1-2H3,(H,21,31)(H,22,32)(H,23,25)(H,24,26)(H,27,28)(H,29,30)/t13?,14?,15-,16-/m0/s1. The second kappa shape index (κ2) is 16.1. The van der Waals surface area contributed by atoms with Crippen molar-refractivity contribution in [2.75, 3.05) is 24.6 Å². The first-order valence-corrected chi connectivity index (χ1v) is 13.6. The van der Waals surface area contributed by atoms with Gasteiger partial charge in [0.25, 0.3) is 0 Å². The van der Waals surface area contributed by atoms with Crippen LogP contribution in [0, 0.1) is 11.8 Å². The molecule has 0 aliphatic heterocycles. The third kappa shape index (κ3) is 13.3. The van der Waals surface area contributed by atoms with Crippen LogP contribution in [0.15, 0.2) is 0 Å². The van der Waals surface area contributed by atoms with Crippen LogP contribution in [0.5, 0.6) is 0 Å². The summed E-state index contributed by atoms with van der Waals surface area (Å²) >= 11 is 13.0. The largest absolute Gasteiger partial charge is 0.480 e. The first kappa shape index (κ1) is 30.4. The van der Waals surface area contributed by atoms with Crippen LogP contribution >= 0.6 is 48.0 Å². The van der Waals surface area contributed by atoms with E-state index in [0.717, 1.165) is 25.7 Å². The number of hydrogen-bond donors (Lipinski definition) is 6. The van der Waals surface area contributed by atoms with E-state index in [0.29, 0.717) is 33.6 Å². The number of aliphatic carboxylic acids is 2. The molecule has 1 aliphatic rings. The number of rotatable bonds is 12. The SMILES string of the molecule is CC(=O)N[C@@H](CSC(=S)NCC1CCCC(CNC(=S)SC[C@H](NC(C)=O)C(=O)O)C1)C(=O)O. The van der Waals surface area contributed by atoms with Crippen LogP contribution in [0.4, 0.5) is 0 Å². The van der Waals surface area contributed by atoms with Crippen molar-refractivity contribution >= 4 is 80.4 Å². The molecule has 0 radical (unpaired) electrons. The van der Waals surface area contributed by atoms with Crippen molar-refractivity contribution in [3.8, 4) is 0 Å². The molecule has 1 rings (SSSR count). The van der Waals surface area contributed by atoms with Gasteiger partial charge in [-0.1, -0.05) is 54.4 Å². The lowest BCUT2D eigenvalue weighted by molar-refractivity contribution is -0.141. The average Bonchev–Trinajstić information content (AvgIpc) is 2.76. The van der Waals surface area contributed by atoms with Crippen molar-refractivity contribution in [2.24, 2.45) is 11.8 Å². The highest BCUT2D eigenvalue weighted by Crippen LogP contribution is 2.28. The molecule has 14 heteroatoms. The van der Waals surface area contributed by atoms with E-state index in [1.165, 1.54) is 37.4 Å². The van der Waals surface area contributed by atoms with Gasteiger partial charge in [-0.15, -0.1) is 0 Å². The highest BCUT2D eigenvalue weighted by Gasteiger charge is 2.24. The number of thiocarbonyl (C=S) groups is 2. The summed E-state index contributed by atoms with van der Waals surface area (Å²) in [5.41, 5.74) is 0. The summed E-state index contributed by atoms with van der Waals surface area (Å²) in [7, 11) is 0. The zero-order chi connectivity index (χ0) is 25.7. The average molecular weight is 553 g/mol. The van der Waals surface area contributed by atoms with E-state index in [1.807, 2.05) is 0 Å². The van der Waals surface area contributed by atoms with Gasteiger partial charge in [0.05, 0.1) is 0 Å². The maximum absolute atomic E-state index is 11.2. The molecule has 4 atom stereocenters. The van der Waals surface area contributed by atoms with Crippen molar-refractivity contribution in [2.45, 2.75) is 51.6 Å². The molecule has 2 unspecified atom stereocenters. The quantitative estimate of drug-likeness (QED) is 0.193. The summed E-state index contributed by atoms with van der Waals surface area (Å²) in [5.74, 6) is -1.86. The van der Waals surface area contributed by atoms with Gasteiger partial charge < -0.3 is 31.5 Å². The van der Waals surface area contributed by atoms with Crippen LogP contribution in [-0.4, -0.2) is 79.3 Å².